The van der Waals surface area contributed by atoms with E-state index in [9.17, 15) is 5.11 Å². The lowest BCUT2D eigenvalue weighted by molar-refractivity contribution is 0.0518. The molecule has 138 valence electrons. The van der Waals surface area contributed by atoms with Gasteiger partial charge in [-0.1, -0.05) is 27.7 Å². The molecule has 1 aliphatic heterocycles. The third-order valence-electron chi connectivity index (χ3n) is 4.84. The van der Waals surface area contributed by atoms with E-state index in [1.165, 1.54) is 17.8 Å². The van der Waals surface area contributed by atoms with E-state index in [-0.39, 0.29) is 6.61 Å². The first-order valence-corrected chi connectivity index (χ1v) is 9.58. The number of aromatic nitrogens is 2. The summed E-state index contributed by atoms with van der Waals surface area (Å²) in [6.07, 6.45) is 3.14. The molecule has 1 fully saturated rings. The summed E-state index contributed by atoms with van der Waals surface area (Å²) in [6, 6.07) is 2.69. The second-order valence-corrected chi connectivity index (χ2v) is 8.10. The van der Waals surface area contributed by atoms with Crippen LogP contribution in [-0.2, 0) is 13.0 Å². The Kier molecular flexibility index (Phi) is 7.72. The molecule has 24 heavy (non-hydrogen) atoms. The van der Waals surface area contributed by atoms with Gasteiger partial charge in [-0.05, 0) is 43.7 Å². The van der Waals surface area contributed by atoms with Crippen molar-refractivity contribution in [2.24, 2.45) is 11.8 Å². The summed E-state index contributed by atoms with van der Waals surface area (Å²) in [6.45, 7) is 14.6. The van der Waals surface area contributed by atoms with Crippen molar-refractivity contribution in [2.75, 3.05) is 32.8 Å². The number of aliphatic hydroxyl groups is 1. The Hall–Kier alpha value is -0.910. The van der Waals surface area contributed by atoms with Crippen molar-refractivity contribution in [3.8, 4) is 0 Å². The Morgan fingerprint density at radius 1 is 1.25 bits per heavy atom. The molecule has 0 aromatic carbocycles. The van der Waals surface area contributed by atoms with Crippen molar-refractivity contribution in [3.05, 3.63) is 17.5 Å². The minimum atomic E-state index is 0.277. The zero-order valence-electron chi connectivity index (χ0n) is 16.0. The first-order valence-electron chi connectivity index (χ1n) is 9.58. The van der Waals surface area contributed by atoms with Gasteiger partial charge in [0, 0.05) is 44.5 Å². The van der Waals surface area contributed by atoms with Gasteiger partial charge in [0.2, 0.25) is 0 Å². The van der Waals surface area contributed by atoms with Crippen molar-refractivity contribution in [2.45, 2.75) is 59.5 Å². The quantitative estimate of drug-likeness (QED) is 0.727. The summed E-state index contributed by atoms with van der Waals surface area (Å²) in [5.74, 6) is 1.38. The zero-order valence-corrected chi connectivity index (χ0v) is 16.0. The molecule has 5 nitrogen and oxygen atoms in total. The second kappa shape index (κ2) is 9.54. The average molecular weight is 337 g/mol. The summed E-state index contributed by atoms with van der Waals surface area (Å²) in [5.41, 5.74) is 2.38. The van der Waals surface area contributed by atoms with Gasteiger partial charge in [0.15, 0.2) is 0 Å². The largest absolute Gasteiger partial charge is 0.396 e. The van der Waals surface area contributed by atoms with Gasteiger partial charge < -0.3 is 5.11 Å². The minimum Gasteiger partial charge on any atom is -0.396 e. The molecule has 0 aliphatic carbocycles. The third kappa shape index (κ3) is 6.19. The standard InChI is InChI=1S/C19H36N4O/c1-15(2)5-7-23-9-8-22(14-19(23)6-10-24)13-18-12-17(20-21-18)11-16(3)4/h12,15-16,19,24H,5-11,13-14H2,1-4H3,(H,20,21)/t19-/m1/s1. The molecule has 0 radical (unpaired) electrons. The van der Waals surface area contributed by atoms with Crippen LogP contribution in [0, 0.1) is 11.8 Å². The van der Waals surface area contributed by atoms with Crippen LogP contribution >= 0.6 is 0 Å². The molecule has 2 rings (SSSR count). The van der Waals surface area contributed by atoms with Gasteiger partial charge in [-0.3, -0.25) is 14.9 Å². The fraction of sp³-hybridized carbons (Fsp3) is 0.842. The molecule has 1 aliphatic rings. The molecule has 1 aromatic rings. The van der Waals surface area contributed by atoms with E-state index < -0.39 is 0 Å². The van der Waals surface area contributed by atoms with Crippen molar-refractivity contribution in [1.82, 2.24) is 20.0 Å². The van der Waals surface area contributed by atoms with Gasteiger partial charge in [-0.15, -0.1) is 0 Å². The van der Waals surface area contributed by atoms with Gasteiger partial charge >= 0.3 is 0 Å². The number of hydrogen-bond acceptors (Lipinski definition) is 4. The van der Waals surface area contributed by atoms with E-state index in [1.807, 2.05) is 0 Å². The van der Waals surface area contributed by atoms with E-state index >= 15 is 0 Å². The van der Waals surface area contributed by atoms with Crippen LogP contribution in [0.4, 0.5) is 0 Å². The fourth-order valence-corrected chi connectivity index (χ4v) is 3.50. The first kappa shape index (κ1) is 19.4. The van der Waals surface area contributed by atoms with E-state index in [0.717, 1.165) is 51.5 Å². The number of aromatic amines is 1. The molecule has 0 bridgehead atoms. The summed E-state index contributed by atoms with van der Waals surface area (Å²) in [7, 11) is 0. The van der Waals surface area contributed by atoms with E-state index in [0.29, 0.717) is 12.0 Å². The molecular formula is C19H36N4O. The van der Waals surface area contributed by atoms with Gasteiger partial charge in [0.05, 0.1) is 5.69 Å². The van der Waals surface area contributed by atoms with E-state index in [2.05, 4.69) is 53.8 Å². The molecular weight excluding hydrogens is 300 g/mol. The Labute approximate surface area is 147 Å². The Morgan fingerprint density at radius 3 is 2.71 bits per heavy atom. The minimum absolute atomic E-state index is 0.277. The molecule has 0 unspecified atom stereocenters. The number of hydrogen-bond donors (Lipinski definition) is 2. The van der Waals surface area contributed by atoms with E-state index in [1.54, 1.807) is 0 Å². The highest BCUT2D eigenvalue weighted by Crippen LogP contribution is 2.17. The maximum Gasteiger partial charge on any atom is 0.0628 e. The van der Waals surface area contributed by atoms with Crippen molar-refractivity contribution in [3.63, 3.8) is 0 Å². The summed E-state index contributed by atoms with van der Waals surface area (Å²) < 4.78 is 0. The fourth-order valence-electron chi connectivity index (χ4n) is 3.50. The lowest BCUT2D eigenvalue weighted by Gasteiger charge is -2.41. The molecule has 2 heterocycles. The molecule has 0 spiro atoms. The highest BCUT2D eigenvalue weighted by Gasteiger charge is 2.26. The molecule has 2 N–H and O–H groups in total. The maximum absolute atomic E-state index is 9.42. The molecule has 1 aromatic heterocycles. The predicted molar refractivity (Wildman–Crippen MR) is 98.9 cm³/mol. The van der Waals surface area contributed by atoms with Gasteiger partial charge in [-0.25, -0.2) is 0 Å². The van der Waals surface area contributed by atoms with Crippen LogP contribution in [0.5, 0.6) is 0 Å². The van der Waals surface area contributed by atoms with Crippen LogP contribution in [0.25, 0.3) is 0 Å². The van der Waals surface area contributed by atoms with Crippen LogP contribution in [0.1, 0.15) is 51.9 Å². The van der Waals surface area contributed by atoms with Gasteiger partial charge in [0.25, 0.3) is 0 Å². The topological polar surface area (TPSA) is 55.4 Å². The summed E-state index contributed by atoms with van der Waals surface area (Å²) in [4.78, 5) is 5.07. The number of H-pyrrole nitrogens is 1. The Morgan fingerprint density at radius 2 is 2.04 bits per heavy atom. The zero-order chi connectivity index (χ0) is 17.5. The molecule has 5 heteroatoms. The first-order chi connectivity index (χ1) is 11.5. The average Bonchev–Trinajstić information content (AvgIpc) is 2.93. The van der Waals surface area contributed by atoms with Crippen LogP contribution in [-0.4, -0.2) is 63.9 Å². The molecule has 1 atom stereocenters. The smallest absolute Gasteiger partial charge is 0.0628 e. The van der Waals surface area contributed by atoms with Crippen molar-refractivity contribution in [1.29, 1.82) is 0 Å². The molecule has 0 amide bonds. The number of nitrogens with one attached hydrogen (secondary N) is 1. The van der Waals surface area contributed by atoms with Crippen LogP contribution in [0.15, 0.2) is 6.07 Å². The third-order valence-corrected chi connectivity index (χ3v) is 4.84. The summed E-state index contributed by atoms with van der Waals surface area (Å²) >= 11 is 0. The normalized spacial score (nSPS) is 20.4. The highest BCUT2D eigenvalue weighted by molar-refractivity contribution is 5.09. The Balaban J connectivity index is 1.87. The van der Waals surface area contributed by atoms with Crippen molar-refractivity contribution >= 4 is 0 Å². The van der Waals surface area contributed by atoms with Crippen LogP contribution in [0.2, 0.25) is 0 Å². The number of rotatable bonds is 9. The second-order valence-electron chi connectivity index (χ2n) is 8.10. The number of aliphatic hydroxyl groups excluding tert-OH is 1. The number of nitrogens with zero attached hydrogens (tertiary/aromatic N) is 3. The lowest BCUT2D eigenvalue weighted by atomic mass is 10.1. The van der Waals surface area contributed by atoms with Gasteiger partial charge in [0.1, 0.15) is 0 Å². The van der Waals surface area contributed by atoms with Gasteiger partial charge in [-0.2, -0.15) is 5.10 Å². The van der Waals surface area contributed by atoms with Crippen LogP contribution in [0.3, 0.4) is 0 Å². The lowest BCUT2D eigenvalue weighted by Crippen LogP contribution is -2.53. The van der Waals surface area contributed by atoms with Crippen LogP contribution < -0.4 is 0 Å². The van der Waals surface area contributed by atoms with E-state index in [4.69, 9.17) is 0 Å². The molecule has 0 saturated carbocycles. The maximum atomic E-state index is 9.42. The monoisotopic (exact) mass is 336 g/mol. The van der Waals surface area contributed by atoms with Crippen molar-refractivity contribution < 1.29 is 5.11 Å². The highest BCUT2D eigenvalue weighted by atomic mass is 16.3. The SMILES string of the molecule is CC(C)CCN1CCN(Cc2cc(CC(C)C)n[nH]2)C[C@H]1CCO. The molecule has 1 saturated heterocycles. The predicted octanol–water partition coefficient (Wildman–Crippen LogP) is 2.52. The summed E-state index contributed by atoms with van der Waals surface area (Å²) in [5, 5.41) is 17.1. The Bertz CT molecular complexity index is 472. The number of piperazine rings is 1.